The second kappa shape index (κ2) is 4.20. The first kappa shape index (κ1) is 12.0. The van der Waals surface area contributed by atoms with Gasteiger partial charge in [-0.1, -0.05) is 11.6 Å². The Kier molecular flexibility index (Phi) is 3.36. The highest BCUT2D eigenvalue weighted by molar-refractivity contribution is 7.12. The molecule has 1 heterocycles. The second-order valence-corrected chi connectivity index (χ2v) is 4.86. The average molecular weight is 248 g/mol. The molecule has 6 heteroatoms. The maximum Gasteiger partial charge on any atom is 0.328 e. The molecule has 0 aromatic carbocycles. The normalized spacial score (nSPS) is 11.1. The van der Waals surface area contributed by atoms with Crippen molar-refractivity contribution in [1.29, 1.82) is 0 Å². The monoisotopic (exact) mass is 247 g/mol. The van der Waals surface area contributed by atoms with E-state index in [-0.39, 0.29) is 0 Å². The largest absolute Gasteiger partial charge is 0.480 e. The van der Waals surface area contributed by atoms with E-state index in [9.17, 15) is 9.59 Å². The molecule has 1 aromatic heterocycles. The van der Waals surface area contributed by atoms with Gasteiger partial charge in [0.15, 0.2) is 0 Å². The molecule has 1 rings (SSSR count). The number of carbonyl (C=O) groups excluding carboxylic acids is 1. The summed E-state index contributed by atoms with van der Waals surface area (Å²) in [6, 6.07) is 1.50. The first-order chi connectivity index (χ1) is 6.83. The SMILES string of the molecule is CC(C)(NC(=O)c1cc(Cl)cs1)C(=O)O. The van der Waals surface area contributed by atoms with Gasteiger partial charge in [-0.3, -0.25) is 4.79 Å². The predicted octanol–water partition coefficient (Wildman–Crippen LogP) is 1.99. The fraction of sp³-hybridized carbons (Fsp3) is 0.333. The Hall–Kier alpha value is -1.07. The van der Waals surface area contributed by atoms with Gasteiger partial charge >= 0.3 is 5.97 Å². The van der Waals surface area contributed by atoms with E-state index in [1.165, 1.54) is 31.3 Å². The van der Waals surface area contributed by atoms with E-state index in [4.69, 9.17) is 16.7 Å². The van der Waals surface area contributed by atoms with Crippen LogP contribution in [0.1, 0.15) is 23.5 Å². The van der Waals surface area contributed by atoms with Crippen LogP contribution in [0.5, 0.6) is 0 Å². The Morgan fingerprint density at radius 1 is 1.53 bits per heavy atom. The molecule has 15 heavy (non-hydrogen) atoms. The highest BCUT2D eigenvalue weighted by Crippen LogP contribution is 2.19. The van der Waals surface area contributed by atoms with Gasteiger partial charge < -0.3 is 10.4 Å². The number of carboxylic acid groups (broad SMARTS) is 1. The van der Waals surface area contributed by atoms with Crippen LogP contribution in [0.3, 0.4) is 0 Å². The minimum atomic E-state index is -1.28. The predicted molar refractivity (Wildman–Crippen MR) is 58.5 cm³/mol. The summed E-state index contributed by atoms with van der Waals surface area (Å²) in [6.07, 6.45) is 0. The summed E-state index contributed by atoms with van der Waals surface area (Å²) in [5.41, 5.74) is -1.28. The molecule has 0 unspecified atom stereocenters. The van der Waals surface area contributed by atoms with Crippen molar-refractivity contribution in [2.45, 2.75) is 19.4 Å². The van der Waals surface area contributed by atoms with Gasteiger partial charge in [0, 0.05) is 5.38 Å². The van der Waals surface area contributed by atoms with Gasteiger partial charge in [0.25, 0.3) is 5.91 Å². The molecule has 0 atom stereocenters. The number of halogens is 1. The van der Waals surface area contributed by atoms with E-state index in [0.29, 0.717) is 9.90 Å². The Balaban J connectivity index is 2.76. The molecule has 0 saturated carbocycles. The molecule has 0 fully saturated rings. The fourth-order valence-electron chi connectivity index (χ4n) is 0.831. The van der Waals surface area contributed by atoms with Gasteiger partial charge in [-0.15, -0.1) is 11.3 Å². The number of amides is 1. The molecular formula is C9H10ClNO3S. The van der Waals surface area contributed by atoms with Crippen molar-refractivity contribution in [3.63, 3.8) is 0 Å². The molecule has 0 aliphatic rings. The maximum absolute atomic E-state index is 11.6. The Morgan fingerprint density at radius 3 is 2.53 bits per heavy atom. The van der Waals surface area contributed by atoms with E-state index in [1.54, 1.807) is 5.38 Å². The lowest BCUT2D eigenvalue weighted by Crippen LogP contribution is -2.49. The van der Waals surface area contributed by atoms with Crippen LogP contribution in [0.4, 0.5) is 0 Å². The zero-order valence-corrected chi connectivity index (χ0v) is 9.78. The number of hydrogen-bond donors (Lipinski definition) is 2. The van der Waals surface area contributed by atoms with Gasteiger partial charge in [-0.2, -0.15) is 0 Å². The Labute approximate surface area is 95.9 Å². The quantitative estimate of drug-likeness (QED) is 0.859. The van der Waals surface area contributed by atoms with E-state index >= 15 is 0 Å². The summed E-state index contributed by atoms with van der Waals surface area (Å²) in [4.78, 5) is 22.7. The summed E-state index contributed by atoms with van der Waals surface area (Å²) in [5.74, 6) is -1.52. The lowest BCUT2D eigenvalue weighted by atomic mass is 10.1. The number of carboxylic acids is 1. The lowest BCUT2D eigenvalue weighted by Gasteiger charge is -2.20. The average Bonchev–Trinajstić information content (AvgIpc) is 2.50. The highest BCUT2D eigenvalue weighted by atomic mass is 35.5. The van der Waals surface area contributed by atoms with Crippen LogP contribution in [-0.4, -0.2) is 22.5 Å². The van der Waals surface area contributed by atoms with Crippen LogP contribution in [0.15, 0.2) is 11.4 Å². The van der Waals surface area contributed by atoms with Gasteiger partial charge in [0.1, 0.15) is 5.54 Å². The minimum absolute atomic E-state index is 0.398. The van der Waals surface area contributed by atoms with Crippen molar-refractivity contribution in [2.24, 2.45) is 0 Å². The van der Waals surface area contributed by atoms with Gasteiger partial charge in [-0.05, 0) is 19.9 Å². The van der Waals surface area contributed by atoms with Crippen molar-refractivity contribution < 1.29 is 14.7 Å². The third-order valence-electron chi connectivity index (χ3n) is 1.75. The molecule has 82 valence electrons. The van der Waals surface area contributed by atoms with Gasteiger partial charge in [0.2, 0.25) is 0 Å². The summed E-state index contributed by atoms with van der Waals surface area (Å²) in [6.45, 7) is 2.84. The topological polar surface area (TPSA) is 66.4 Å². The molecule has 1 aromatic rings. The number of carbonyl (C=O) groups is 2. The zero-order chi connectivity index (χ0) is 11.6. The molecule has 0 bridgehead atoms. The molecule has 0 radical (unpaired) electrons. The first-order valence-corrected chi connectivity index (χ1v) is 5.38. The van der Waals surface area contributed by atoms with Gasteiger partial charge in [-0.25, -0.2) is 4.79 Å². The molecule has 2 N–H and O–H groups in total. The van der Waals surface area contributed by atoms with Crippen LogP contribution >= 0.6 is 22.9 Å². The summed E-state index contributed by atoms with van der Waals surface area (Å²) in [5, 5.41) is 13.3. The van der Waals surface area contributed by atoms with Crippen LogP contribution in [0.25, 0.3) is 0 Å². The number of thiophene rings is 1. The van der Waals surface area contributed by atoms with E-state index in [1.807, 2.05) is 0 Å². The van der Waals surface area contributed by atoms with E-state index in [2.05, 4.69) is 5.32 Å². The van der Waals surface area contributed by atoms with Crippen LogP contribution in [0, 0.1) is 0 Å². The van der Waals surface area contributed by atoms with Crippen molar-refractivity contribution >= 4 is 34.8 Å². The third kappa shape index (κ3) is 2.94. The van der Waals surface area contributed by atoms with Crippen molar-refractivity contribution in [1.82, 2.24) is 5.32 Å². The molecule has 0 aliphatic heterocycles. The zero-order valence-electron chi connectivity index (χ0n) is 8.20. The van der Waals surface area contributed by atoms with Crippen molar-refractivity contribution in [2.75, 3.05) is 0 Å². The molecule has 0 saturated heterocycles. The molecule has 1 amide bonds. The number of hydrogen-bond acceptors (Lipinski definition) is 3. The molecule has 4 nitrogen and oxygen atoms in total. The number of nitrogens with one attached hydrogen (secondary N) is 1. The molecular weight excluding hydrogens is 238 g/mol. The Bertz CT molecular complexity index is 400. The van der Waals surface area contributed by atoms with Crippen LogP contribution in [0.2, 0.25) is 5.02 Å². The van der Waals surface area contributed by atoms with Crippen molar-refractivity contribution in [3.05, 3.63) is 21.3 Å². The fourth-order valence-corrected chi connectivity index (χ4v) is 1.80. The standard InChI is InChI=1S/C9H10ClNO3S/c1-9(2,8(13)14)11-7(12)6-3-5(10)4-15-6/h3-4H,1-2H3,(H,11,12)(H,13,14). The summed E-state index contributed by atoms with van der Waals surface area (Å²) < 4.78 is 0. The van der Waals surface area contributed by atoms with E-state index in [0.717, 1.165) is 0 Å². The number of rotatable bonds is 3. The highest BCUT2D eigenvalue weighted by Gasteiger charge is 2.29. The first-order valence-electron chi connectivity index (χ1n) is 4.13. The summed E-state index contributed by atoms with van der Waals surface area (Å²) >= 11 is 6.83. The van der Waals surface area contributed by atoms with Crippen molar-refractivity contribution in [3.8, 4) is 0 Å². The Morgan fingerprint density at radius 2 is 2.13 bits per heavy atom. The number of aliphatic carboxylic acids is 1. The third-order valence-corrected chi connectivity index (χ3v) is 3.03. The lowest BCUT2D eigenvalue weighted by molar-refractivity contribution is -0.143. The van der Waals surface area contributed by atoms with Crippen LogP contribution < -0.4 is 5.32 Å². The minimum Gasteiger partial charge on any atom is -0.480 e. The molecule has 0 spiro atoms. The van der Waals surface area contributed by atoms with Crippen LogP contribution in [-0.2, 0) is 4.79 Å². The smallest absolute Gasteiger partial charge is 0.328 e. The molecule has 0 aliphatic carbocycles. The second-order valence-electron chi connectivity index (χ2n) is 3.51. The van der Waals surface area contributed by atoms with E-state index < -0.39 is 17.4 Å². The summed E-state index contributed by atoms with van der Waals surface area (Å²) in [7, 11) is 0. The maximum atomic E-state index is 11.6. The van der Waals surface area contributed by atoms with Gasteiger partial charge in [0.05, 0.1) is 9.90 Å².